The van der Waals surface area contributed by atoms with E-state index in [1.54, 1.807) is 18.0 Å². The number of ether oxygens (including phenoxy) is 1. The van der Waals surface area contributed by atoms with Crippen LogP contribution in [0.3, 0.4) is 0 Å². The van der Waals surface area contributed by atoms with Gasteiger partial charge in [-0.05, 0) is 17.5 Å². The molecule has 34 heavy (non-hydrogen) atoms. The molecule has 2 aromatic carbocycles. The van der Waals surface area contributed by atoms with Crippen molar-refractivity contribution in [1.82, 2.24) is 24.0 Å². The Morgan fingerprint density at radius 1 is 0.941 bits per heavy atom. The smallest absolute Gasteiger partial charge is 0.333 e. The zero-order valence-corrected chi connectivity index (χ0v) is 19.0. The number of carbonyl (C=O) groups excluding carboxylic acids is 1. The van der Waals surface area contributed by atoms with E-state index in [1.807, 2.05) is 60.7 Å². The number of hydrogen-bond acceptors (Lipinski definition) is 5. The standard InChI is InChI=1S/C25H27N5O4/c1-34-14-8-13-26-21(31)17-30-24(32)22-23(27-18-28(22)15-19-9-4-2-5-10-19)29(25(30)33)16-20-11-6-3-7-12-20/h2-7,9-12,18H,8,13-17H2,1H3,(H,26,31). The van der Waals surface area contributed by atoms with E-state index in [9.17, 15) is 14.4 Å². The van der Waals surface area contributed by atoms with Gasteiger partial charge >= 0.3 is 5.69 Å². The van der Waals surface area contributed by atoms with Crippen molar-refractivity contribution in [2.45, 2.75) is 26.1 Å². The number of amides is 1. The van der Waals surface area contributed by atoms with Crippen molar-refractivity contribution in [3.63, 3.8) is 0 Å². The molecule has 0 aliphatic carbocycles. The molecule has 0 spiro atoms. The van der Waals surface area contributed by atoms with Gasteiger partial charge in [-0.3, -0.25) is 14.2 Å². The molecule has 1 N–H and O–H groups in total. The van der Waals surface area contributed by atoms with Gasteiger partial charge in [-0.15, -0.1) is 0 Å². The fourth-order valence-electron chi connectivity index (χ4n) is 3.83. The van der Waals surface area contributed by atoms with Crippen LogP contribution in [0.15, 0.2) is 76.6 Å². The predicted octanol–water partition coefficient (Wildman–Crippen LogP) is 1.61. The molecule has 1 amide bonds. The zero-order valence-electron chi connectivity index (χ0n) is 19.0. The molecular weight excluding hydrogens is 434 g/mol. The molecule has 0 saturated heterocycles. The summed E-state index contributed by atoms with van der Waals surface area (Å²) in [6.07, 6.45) is 2.20. The monoisotopic (exact) mass is 461 g/mol. The minimum atomic E-state index is -0.571. The second-order valence-corrected chi connectivity index (χ2v) is 7.97. The fourth-order valence-corrected chi connectivity index (χ4v) is 3.83. The number of methoxy groups -OCH3 is 1. The minimum absolute atomic E-state index is 0.230. The van der Waals surface area contributed by atoms with E-state index in [0.29, 0.717) is 31.8 Å². The van der Waals surface area contributed by atoms with E-state index >= 15 is 0 Å². The number of fused-ring (bicyclic) bond motifs is 1. The molecule has 176 valence electrons. The number of carbonyl (C=O) groups is 1. The van der Waals surface area contributed by atoms with Gasteiger partial charge in [0.1, 0.15) is 6.54 Å². The first-order valence-corrected chi connectivity index (χ1v) is 11.1. The number of nitrogens with zero attached hydrogens (tertiary/aromatic N) is 4. The zero-order chi connectivity index (χ0) is 23.9. The minimum Gasteiger partial charge on any atom is -0.385 e. The number of hydrogen-bond donors (Lipinski definition) is 1. The molecule has 9 heteroatoms. The van der Waals surface area contributed by atoms with Gasteiger partial charge in [0, 0.05) is 26.8 Å². The molecule has 0 atom stereocenters. The SMILES string of the molecule is COCCCNC(=O)Cn1c(=O)c2c(ncn2Cc2ccccc2)n(Cc2ccccc2)c1=O. The molecule has 2 heterocycles. The van der Waals surface area contributed by atoms with Crippen LogP contribution in [-0.2, 0) is 29.2 Å². The molecule has 4 rings (SSSR count). The maximum absolute atomic E-state index is 13.4. The molecule has 0 bridgehead atoms. The molecule has 0 fully saturated rings. The number of rotatable bonds is 10. The molecule has 0 radical (unpaired) electrons. The molecule has 2 aromatic heterocycles. The Morgan fingerprint density at radius 3 is 2.24 bits per heavy atom. The van der Waals surface area contributed by atoms with Crippen molar-refractivity contribution in [2.24, 2.45) is 0 Å². The molecule has 0 aliphatic heterocycles. The lowest BCUT2D eigenvalue weighted by Crippen LogP contribution is -2.44. The summed E-state index contributed by atoms with van der Waals surface area (Å²) >= 11 is 0. The van der Waals surface area contributed by atoms with Crippen LogP contribution in [0.1, 0.15) is 17.5 Å². The normalized spacial score (nSPS) is 11.1. The van der Waals surface area contributed by atoms with Gasteiger partial charge in [0.25, 0.3) is 5.56 Å². The highest BCUT2D eigenvalue weighted by Crippen LogP contribution is 2.12. The summed E-state index contributed by atoms with van der Waals surface area (Å²) in [5.41, 5.74) is 1.35. The van der Waals surface area contributed by atoms with E-state index in [1.165, 1.54) is 4.57 Å². The highest BCUT2D eigenvalue weighted by molar-refractivity contribution is 5.76. The topological polar surface area (TPSA) is 100 Å². The van der Waals surface area contributed by atoms with Crippen LogP contribution in [0, 0.1) is 0 Å². The first-order chi connectivity index (χ1) is 16.6. The van der Waals surface area contributed by atoms with E-state index in [4.69, 9.17) is 4.74 Å². The van der Waals surface area contributed by atoms with Crippen LogP contribution in [0.4, 0.5) is 0 Å². The Labute approximate surface area is 196 Å². The Morgan fingerprint density at radius 2 is 1.59 bits per heavy atom. The third-order valence-electron chi connectivity index (χ3n) is 5.51. The van der Waals surface area contributed by atoms with Crippen molar-refractivity contribution >= 4 is 17.1 Å². The number of benzene rings is 2. The van der Waals surface area contributed by atoms with Gasteiger partial charge in [-0.2, -0.15) is 0 Å². The lowest BCUT2D eigenvalue weighted by Gasteiger charge is -2.13. The molecular formula is C25H27N5O4. The van der Waals surface area contributed by atoms with Crippen LogP contribution < -0.4 is 16.6 Å². The molecule has 4 aromatic rings. The summed E-state index contributed by atoms with van der Waals surface area (Å²) in [5.74, 6) is -0.407. The highest BCUT2D eigenvalue weighted by Gasteiger charge is 2.20. The Bertz CT molecular complexity index is 1370. The van der Waals surface area contributed by atoms with Gasteiger partial charge in [-0.25, -0.2) is 14.3 Å². The first kappa shape index (κ1) is 23.2. The Hall–Kier alpha value is -3.98. The summed E-state index contributed by atoms with van der Waals surface area (Å²) in [6, 6.07) is 19.1. The van der Waals surface area contributed by atoms with Crippen molar-refractivity contribution < 1.29 is 9.53 Å². The average Bonchev–Trinajstić information content (AvgIpc) is 3.27. The molecule has 0 unspecified atom stereocenters. The van der Waals surface area contributed by atoms with Crippen molar-refractivity contribution in [2.75, 3.05) is 20.3 Å². The first-order valence-electron chi connectivity index (χ1n) is 11.1. The fraction of sp³-hybridized carbons (Fsp3) is 0.280. The van der Waals surface area contributed by atoms with Crippen molar-refractivity contribution in [3.8, 4) is 0 Å². The lowest BCUT2D eigenvalue weighted by molar-refractivity contribution is -0.121. The van der Waals surface area contributed by atoms with Gasteiger partial charge in [0.15, 0.2) is 11.2 Å². The van der Waals surface area contributed by atoms with Gasteiger partial charge in [0.05, 0.1) is 12.9 Å². The molecule has 9 nitrogen and oxygen atoms in total. The van der Waals surface area contributed by atoms with Crippen LogP contribution in [0.5, 0.6) is 0 Å². The largest absolute Gasteiger partial charge is 0.385 e. The van der Waals surface area contributed by atoms with Crippen molar-refractivity contribution in [1.29, 1.82) is 0 Å². The summed E-state index contributed by atoms with van der Waals surface area (Å²) in [5, 5.41) is 2.74. The highest BCUT2D eigenvalue weighted by atomic mass is 16.5. The number of nitrogens with one attached hydrogen (secondary N) is 1. The lowest BCUT2D eigenvalue weighted by atomic mass is 10.2. The predicted molar refractivity (Wildman–Crippen MR) is 129 cm³/mol. The van der Waals surface area contributed by atoms with E-state index in [0.717, 1.165) is 15.7 Å². The number of aromatic nitrogens is 4. The van der Waals surface area contributed by atoms with Crippen LogP contribution in [-0.4, -0.2) is 44.9 Å². The van der Waals surface area contributed by atoms with E-state index in [2.05, 4.69) is 10.3 Å². The molecule has 0 saturated carbocycles. The average molecular weight is 462 g/mol. The van der Waals surface area contributed by atoms with Crippen LogP contribution in [0.2, 0.25) is 0 Å². The third-order valence-corrected chi connectivity index (χ3v) is 5.51. The number of imidazole rings is 1. The quantitative estimate of drug-likeness (QED) is 0.362. The Balaban J connectivity index is 1.76. The third kappa shape index (κ3) is 5.15. The van der Waals surface area contributed by atoms with Gasteiger partial charge < -0.3 is 14.6 Å². The van der Waals surface area contributed by atoms with Crippen molar-refractivity contribution in [3.05, 3.63) is 99.0 Å². The summed E-state index contributed by atoms with van der Waals surface area (Å²) in [6.45, 7) is 1.18. The van der Waals surface area contributed by atoms with Gasteiger partial charge in [-0.1, -0.05) is 60.7 Å². The summed E-state index contributed by atoms with van der Waals surface area (Å²) < 4.78 is 9.14. The van der Waals surface area contributed by atoms with E-state index in [-0.39, 0.29) is 18.6 Å². The Kier molecular flexibility index (Phi) is 7.34. The van der Waals surface area contributed by atoms with Crippen LogP contribution >= 0.6 is 0 Å². The maximum atomic E-state index is 13.4. The van der Waals surface area contributed by atoms with Crippen LogP contribution in [0.25, 0.3) is 11.2 Å². The summed E-state index contributed by atoms with van der Waals surface area (Å²) in [4.78, 5) is 43.7. The van der Waals surface area contributed by atoms with E-state index < -0.39 is 17.2 Å². The second-order valence-electron chi connectivity index (χ2n) is 7.97. The molecule has 0 aliphatic rings. The second kappa shape index (κ2) is 10.8. The maximum Gasteiger partial charge on any atom is 0.333 e. The van der Waals surface area contributed by atoms with Gasteiger partial charge in [0.2, 0.25) is 5.91 Å². The summed E-state index contributed by atoms with van der Waals surface area (Å²) in [7, 11) is 1.59.